The van der Waals surface area contributed by atoms with E-state index in [4.69, 9.17) is 10.5 Å². The van der Waals surface area contributed by atoms with Crippen molar-refractivity contribution < 1.29 is 9.53 Å². The van der Waals surface area contributed by atoms with E-state index in [0.717, 1.165) is 22.2 Å². The molecule has 1 heterocycles. The second-order valence-electron chi connectivity index (χ2n) is 5.14. The van der Waals surface area contributed by atoms with E-state index in [9.17, 15) is 4.79 Å². The third-order valence-corrected chi connectivity index (χ3v) is 3.76. The van der Waals surface area contributed by atoms with Crippen LogP contribution < -0.4 is 15.8 Å². The minimum Gasteiger partial charge on any atom is -0.493 e. The molecule has 2 rings (SSSR count). The number of carbonyl (C=O) groups is 1. The molecule has 1 aromatic rings. The molecule has 3 N–H and O–H groups in total. The van der Waals surface area contributed by atoms with Crippen molar-refractivity contribution in [3.8, 4) is 5.75 Å². The number of nitrogens with two attached hydrogens (primary N) is 1. The molecule has 1 unspecified atom stereocenters. The number of carbonyl (C=O) groups excluding carboxylic acids is 1. The highest BCUT2D eigenvalue weighted by Gasteiger charge is 2.20. The molecule has 0 bridgehead atoms. The van der Waals surface area contributed by atoms with Crippen molar-refractivity contribution in [2.24, 2.45) is 11.7 Å². The average Bonchev–Trinajstić information content (AvgIpc) is 2.82. The normalized spacial score (nSPS) is 15.0. The third kappa shape index (κ3) is 3.28. The molecule has 5 heteroatoms. The summed E-state index contributed by atoms with van der Waals surface area (Å²) in [6.07, 6.45) is 0.918. The van der Waals surface area contributed by atoms with Crippen molar-refractivity contribution in [1.82, 2.24) is 5.32 Å². The number of rotatable bonds is 4. The minimum absolute atomic E-state index is 0.123. The van der Waals surface area contributed by atoms with Crippen LogP contribution in [0.5, 0.6) is 5.75 Å². The Labute approximate surface area is 121 Å². The van der Waals surface area contributed by atoms with E-state index in [0.29, 0.717) is 13.2 Å². The second kappa shape index (κ2) is 5.92. The van der Waals surface area contributed by atoms with Crippen LogP contribution in [0, 0.1) is 5.92 Å². The molecule has 0 radical (unpaired) electrons. The van der Waals surface area contributed by atoms with E-state index in [2.05, 4.69) is 27.3 Å². The summed E-state index contributed by atoms with van der Waals surface area (Å²) in [5, 5.41) is 2.87. The Morgan fingerprint density at radius 2 is 2.26 bits per heavy atom. The smallest absolute Gasteiger partial charge is 0.237 e. The first-order valence-electron chi connectivity index (χ1n) is 6.46. The summed E-state index contributed by atoms with van der Waals surface area (Å²) in [7, 11) is 0. The van der Waals surface area contributed by atoms with Gasteiger partial charge in [0, 0.05) is 23.0 Å². The topological polar surface area (TPSA) is 64.4 Å². The predicted molar refractivity (Wildman–Crippen MR) is 78.0 cm³/mol. The highest BCUT2D eigenvalue weighted by molar-refractivity contribution is 9.10. The summed E-state index contributed by atoms with van der Waals surface area (Å²) in [6, 6.07) is 3.57. The summed E-state index contributed by atoms with van der Waals surface area (Å²) >= 11 is 3.48. The van der Waals surface area contributed by atoms with Gasteiger partial charge in [-0.05, 0) is 23.6 Å². The Morgan fingerprint density at radius 1 is 1.53 bits per heavy atom. The number of amides is 1. The maximum Gasteiger partial charge on any atom is 0.237 e. The van der Waals surface area contributed by atoms with Crippen LogP contribution in [0.3, 0.4) is 0 Å². The molecule has 0 fully saturated rings. The fourth-order valence-electron chi connectivity index (χ4n) is 2.08. The monoisotopic (exact) mass is 326 g/mol. The quantitative estimate of drug-likeness (QED) is 0.889. The molecule has 0 aromatic heterocycles. The number of hydrogen-bond donors (Lipinski definition) is 2. The van der Waals surface area contributed by atoms with E-state index in [-0.39, 0.29) is 11.8 Å². The van der Waals surface area contributed by atoms with Crippen LogP contribution in [0.4, 0.5) is 0 Å². The molecule has 1 aromatic carbocycles. The summed E-state index contributed by atoms with van der Waals surface area (Å²) in [4.78, 5) is 11.9. The van der Waals surface area contributed by atoms with E-state index < -0.39 is 6.04 Å². The number of halogens is 1. The third-order valence-electron chi connectivity index (χ3n) is 3.30. The molecular weight excluding hydrogens is 308 g/mol. The summed E-state index contributed by atoms with van der Waals surface area (Å²) in [5.74, 6) is 0.910. The molecule has 1 aliphatic heterocycles. The van der Waals surface area contributed by atoms with Gasteiger partial charge in [0.15, 0.2) is 0 Å². The number of ether oxygens (including phenoxy) is 1. The molecule has 0 aliphatic carbocycles. The Hall–Kier alpha value is -1.07. The zero-order valence-corrected chi connectivity index (χ0v) is 12.8. The van der Waals surface area contributed by atoms with Crippen molar-refractivity contribution in [2.75, 3.05) is 6.61 Å². The van der Waals surface area contributed by atoms with Gasteiger partial charge in [-0.25, -0.2) is 0 Å². The number of nitrogens with one attached hydrogen (secondary N) is 1. The predicted octanol–water partition coefficient (Wildman–Crippen LogP) is 1.98. The van der Waals surface area contributed by atoms with Gasteiger partial charge in [-0.2, -0.15) is 0 Å². The van der Waals surface area contributed by atoms with Crippen LogP contribution in [-0.4, -0.2) is 18.6 Å². The van der Waals surface area contributed by atoms with Gasteiger partial charge in [0.1, 0.15) is 5.75 Å². The molecule has 1 amide bonds. The summed E-state index contributed by atoms with van der Waals surface area (Å²) in [5.41, 5.74) is 7.99. The lowest BCUT2D eigenvalue weighted by Crippen LogP contribution is -2.43. The summed E-state index contributed by atoms with van der Waals surface area (Å²) < 4.78 is 6.63. The number of benzene rings is 1. The van der Waals surface area contributed by atoms with Crippen LogP contribution in [0.1, 0.15) is 25.0 Å². The Kier molecular flexibility index (Phi) is 4.47. The van der Waals surface area contributed by atoms with E-state index in [1.54, 1.807) is 0 Å². The van der Waals surface area contributed by atoms with Gasteiger partial charge >= 0.3 is 0 Å². The van der Waals surface area contributed by atoms with Crippen molar-refractivity contribution in [2.45, 2.75) is 32.9 Å². The fraction of sp³-hybridized carbons (Fsp3) is 0.500. The summed E-state index contributed by atoms with van der Waals surface area (Å²) in [6.45, 7) is 5.02. The first-order chi connectivity index (χ1) is 8.99. The first-order valence-corrected chi connectivity index (χ1v) is 7.25. The van der Waals surface area contributed by atoms with E-state index >= 15 is 0 Å². The largest absolute Gasteiger partial charge is 0.493 e. The molecule has 104 valence electrons. The Balaban J connectivity index is 2.06. The minimum atomic E-state index is -0.471. The van der Waals surface area contributed by atoms with Crippen LogP contribution in [-0.2, 0) is 17.8 Å². The number of fused-ring (bicyclic) bond motifs is 1. The van der Waals surface area contributed by atoms with Crippen molar-refractivity contribution in [3.05, 3.63) is 27.7 Å². The molecule has 0 saturated heterocycles. The average molecular weight is 327 g/mol. The standard InChI is InChI=1S/C14H19BrN2O2/c1-8(2)12(16)14(18)17-7-10-6-11(15)5-9-3-4-19-13(9)10/h5-6,8,12H,3-4,7,16H2,1-2H3,(H,17,18). The van der Waals surface area contributed by atoms with Crippen molar-refractivity contribution in [3.63, 3.8) is 0 Å². The van der Waals surface area contributed by atoms with Crippen molar-refractivity contribution in [1.29, 1.82) is 0 Å². The van der Waals surface area contributed by atoms with E-state index in [1.807, 2.05) is 19.9 Å². The molecule has 1 atom stereocenters. The molecular formula is C14H19BrN2O2. The fourth-order valence-corrected chi connectivity index (χ4v) is 2.63. The first kappa shape index (κ1) is 14.3. The Bertz CT molecular complexity index is 489. The van der Waals surface area contributed by atoms with Gasteiger partial charge in [0.2, 0.25) is 5.91 Å². The lowest BCUT2D eigenvalue weighted by Gasteiger charge is -2.16. The van der Waals surface area contributed by atoms with Gasteiger partial charge in [-0.3, -0.25) is 4.79 Å². The maximum atomic E-state index is 11.9. The Morgan fingerprint density at radius 3 is 2.95 bits per heavy atom. The highest BCUT2D eigenvalue weighted by Crippen LogP contribution is 2.32. The highest BCUT2D eigenvalue weighted by atomic mass is 79.9. The van der Waals surface area contributed by atoms with Crippen LogP contribution in [0.25, 0.3) is 0 Å². The molecule has 0 spiro atoms. The van der Waals surface area contributed by atoms with Gasteiger partial charge in [0.05, 0.1) is 12.6 Å². The molecule has 1 aliphatic rings. The van der Waals surface area contributed by atoms with Crippen LogP contribution >= 0.6 is 15.9 Å². The number of hydrogen-bond acceptors (Lipinski definition) is 3. The lowest BCUT2D eigenvalue weighted by atomic mass is 10.0. The second-order valence-corrected chi connectivity index (χ2v) is 6.05. The van der Waals surface area contributed by atoms with Crippen LogP contribution in [0.2, 0.25) is 0 Å². The zero-order chi connectivity index (χ0) is 14.0. The van der Waals surface area contributed by atoms with Gasteiger partial charge in [-0.1, -0.05) is 29.8 Å². The lowest BCUT2D eigenvalue weighted by molar-refractivity contribution is -0.123. The van der Waals surface area contributed by atoms with Crippen LogP contribution in [0.15, 0.2) is 16.6 Å². The maximum absolute atomic E-state index is 11.9. The van der Waals surface area contributed by atoms with E-state index in [1.165, 1.54) is 5.56 Å². The molecule has 0 saturated carbocycles. The zero-order valence-electron chi connectivity index (χ0n) is 11.2. The van der Waals surface area contributed by atoms with Gasteiger partial charge in [-0.15, -0.1) is 0 Å². The molecule has 19 heavy (non-hydrogen) atoms. The van der Waals surface area contributed by atoms with Crippen molar-refractivity contribution >= 4 is 21.8 Å². The van der Waals surface area contributed by atoms with Gasteiger partial charge < -0.3 is 15.8 Å². The SMILES string of the molecule is CC(C)C(N)C(=O)NCc1cc(Br)cc2c1OCC2. The molecule has 4 nitrogen and oxygen atoms in total. The van der Waals surface area contributed by atoms with Gasteiger partial charge in [0.25, 0.3) is 0 Å².